The van der Waals surface area contributed by atoms with Gasteiger partial charge < -0.3 is 10.2 Å². The molecule has 2 atom stereocenters. The lowest BCUT2D eigenvalue weighted by atomic mass is 10.0. The quantitative estimate of drug-likeness (QED) is 0.899. The van der Waals surface area contributed by atoms with E-state index in [2.05, 4.69) is 31.3 Å². The fourth-order valence-corrected chi connectivity index (χ4v) is 3.52. The Morgan fingerprint density at radius 3 is 2.95 bits per heavy atom. The summed E-state index contributed by atoms with van der Waals surface area (Å²) in [5.74, 6) is 0.960. The van der Waals surface area contributed by atoms with Crippen molar-refractivity contribution in [1.29, 1.82) is 0 Å². The number of nitrogens with zero attached hydrogens (tertiary/aromatic N) is 1. The summed E-state index contributed by atoms with van der Waals surface area (Å²) >= 11 is 1.78. The molecule has 1 fully saturated rings. The normalized spacial score (nSPS) is 20.5. The third kappa shape index (κ3) is 3.80. The molecular formula is C15H24N2OS. The molecule has 0 spiro atoms. The third-order valence-corrected chi connectivity index (χ3v) is 5.25. The molecule has 4 heteroatoms. The SMILES string of the molecule is Cc1ccc(C(C)N(C)C(=O)CCC2CCNC2)s1. The van der Waals surface area contributed by atoms with Crippen molar-refractivity contribution in [1.82, 2.24) is 10.2 Å². The number of carbonyl (C=O) groups excluding carboxylic acids is 1. The number of aryl methyl sites for hydroxylation is 1. The second kappa shape index (κ2) is 6.53. The molecule has 2 unspecified atom stereocenters. The molecule has 0 bridgehead atoms. The Balaban J connectivity index is 1.83. The fraction of sp³-hybridized carbons (Fsp3) is 0.667. The van der Waals surface area contributed by atoms with E-state index < -0.39 is 0 Å². The number of hydrogen-bond acceptors (Lipinski definition) is 3. The largest absolute Gasteiger partial charge is 0.338 e. The van der Waals surface area contributed by atoms with Crippen LogP contribution in [-0.4, -0.2) is 30.9 Å². The van der Waals surface area contributed by atoms with Crippen LogP contribution in [0.25, 0.3) is 0 Å². The molecule has 0 saturated carbocycles. The number of carbonyl (C=O) groups is 1. The van der Waals surface area contributed by atoms with Gasteiger partial charge in [-0.1, -0.05) is 0 Å². The van der Waals surface area contributed by atoms with Crippen LogP contribution in [0, 0.1) is 12.8 Å². The zero-order valence-corrected chi connectivity index (χ0v) is 12.9. The minimum atomic E-state index is 0.188. The Labute approximate surface area is 120 Å². The van der Waals surface area contributed by atoms with Gasteiger partial charge in [0.15, 0.2) is 0 Å². The van der Waals surface area contributed by atoms with Crippen molar-refractivity contribution in [2.45, 2.75) is 39.2 Å². The minimum Gasteiger partial charge on any atom is -0.338 e. The van der Waals surface area contributed by atoms with Crippen LogP contribution in [0.5, 0.6) is 0 Å². The second-order valence-corrected chi connectivity index (χ2v) is 6.85. The molecule has 1 N–H and O–H groups in total. The number of nitrogens with one attached hydrogen (secondary N) is 1. The fourth-order valence-electron chi connectivity index (χ4n) is 2.55. The molecule has 1 aromatic heterocycles. The number of hydrogen-bond donors (Lipinski definition) is 1. The Hall–Kier alpha value is -0.870. The van der Waals surface area contributed by atoms with Crippen LogP contribution < -0.4 is 5.32 Å². The van der Waals surface area contributed by atoms with E-state index in [9.17, 15) is 4.79 Å². The van der Waals surface area contributed by atoms with Gasteiger partial charge in [0.1, 0.15) is 0 Å². The highest BCUT2D eigenvalue weighted by molar-refractivity contribution is 7.12. The molecule has 1 aliphatic rings. The van der Waals surface area contributed by atoms with Gasteiger partial charge in [-0.2, -0.15) is 0 Å². The van der Waals surface area contributed by atoms with Crippen molar-refractivity contribution in [2.75, 3.05) is 20.1 Å². The van der Waals surface area contributed by atoms with Gasteiger partial charge >= 0.3 is 0 Å². The first kappa shape index (κ1) is 14.5. The van der Waals surface area contributed by atoms with Crippen LogP contribution in [0.2, 0.25) is 0 Å². The van der Waals surface area contributed by atoms with Crippen LogP contribution in [-0.2, 0) is 4.79 Å². The van der Waals surface area contributed by atoms with E-state index >= 15 is 0 Å². The summed E-state index contributed by atoms with van der Waals surface area (Å²) in [5, 5.41) is 3.35. The van der Waals surface area contributed by atoms with E-state index in [1.54, 1.807) is 11.3 Å². The van der Waals surface area contributed by atoms with E-state index in [-0.39, 0.29) is 11.9 Å². The molecule has 0 radical (unpaired) electrons. The highest BCUT2D eigenvalue weighted by atomic mass is 32.1. The van der Waals surface area contributed by atoms with Crippen LogP contribution in [0.4, 0.5) is 0 Å². The van der Waals surface area contributed by atoms with Crippen LogP contribution in [0.3, 0.4) is 0 Å². The molecule has 2 heterocycles. The summed E-state index contributed by atoms with van der Waals surface area (Å²) in [6.07, 6.45) is 2.92. The maximum Gasteiger partial charge on any atom is 0.222 e. The standard InChI is InChI=1S/C15H24N2OS/c1-11-4-6-14(19-11)12(2)17(3)15(18)7-5-13-8-9-16-10-13/h4,6,12-13,16H,5,7-10H2,1-3H3. The average Bonchev–Trinajstić information content (AvgIpc) is 3.05. The molecule has 1 amide bonds. The first-order chi connectivity index (χ1) is 9.08. The zero-order chi connectivity index (χ0) is 13.8. The highest BCUT2D eigenvalue weighted by Crippen LogP contribution is 2.27. The lowest BCUT2D eigenvalue weighted by Crippen LogP contribution is -2.29. The summed E-state index contributed by atoms with van der Waals surface area (Å²) in [6.45, 7) is 6.41. The maximum atomic E-state index is 12.2. The predicted octanol–water partition coefficient (Wildman–Crippen LogP) is 2.97. The summed E-state index contributed by atoms with van der Waals surface area (Å²) < 4.78 is 0. The number of amides is 1. The van der Waals surface area contributed by atoms with E-state index in [0.29, 0.717) is 12.3 Å². The molecule has 1 saturated heterocycles. The molecule has 19 heavy (non-hydrogen) atoms. The van der Waals surface area contributed by atoms with Crippen molar-refractivity contribution >= 4 is 17.2 Å². The Kier molecular flexibility index (Phi) is 4.99. The van der Waals surface area contributed by atoms with Crippen molar-refractivity contribution in [3.63, 3.8) is 0 Å². The monoisotopic (exact) mass is 280 g/mol. The van der Waals surface area contributed by atoms with Crippen LogP contribution >= 0.6 is 11.3 Å². The van der Waals surface area contributed by atoms with Gasteiger partial charge in [0.25, 0.3) is 0 Å². The lowest BCUT2D eigenvalue weighted by molar-refractivity contribution is -0.132. The van der Waals surface area contributed by atoms with Gasteiger partial charge in [-0.25, -0.2) is 0 Å². The summed E-state index contributed by atoms with van der Waals surface area (Å²) in [4.78, 5) is 16.7. The van der Waals surface area contributed by atoms with Gasteiger partial charge in [0.2, 0.25) is 5.91 Å². The molecule has 1 aromatic rings. The van der Waals surface area contributed by atoms with Crippen molar-refractivity contribution in [3.05, 3.63) is 21.9 Å². The van der Waals surface area contributed by atoms with E-state index in [1.807, 2.05) is 11.9 Å². The number of rotatable bonds is 5. The highest BCUT2D eigenvalue weighted by Gasteiger charge is 2.21. The van der Waals surface area contributed by atoms with Gasteiger partial charge in [0, 0.05) is 23.2 Å². The first-order valence-electron chi connectivity index (χ1n) is 7.10. The van der Waals surface area contributed by atoms with Crippen LogP contribution in [0.1, 0.15) is 42.0 Å². The van der Waals surface area contributed by atoms with Gasteiger partial charge in [0.05, 0.1) is 6.04 Å². The lowest BCUT2D eigenvalue weighted by Gasteiger charge is -2.24. The van der Waals surface area contributed by atoms with Crippen molar-refractivity contribution in [3.8, 4) is 0 Å². The van der Waals surface area contributed by atoms with Crippen molar-refractivity contribution in [2.24, 2.45) is 5.92 Å². The maximum absolute atomic E-state index is 12.2. The van der Waals surface area contributed by atoms with Gasteiger partial charge in [-0.05, 0) is 57.8 Å². The number of thiophene rings is 1. The van der Waals surface area contributed by atoms with Gasteiger partial charge in [-0.15, -0.1) is 11.3 Å². The topological polar surface area (TPSA) is 32.3 Å². The van der Waals surface area contributed by atoms with E-state index in [4.69, 9.17) is 0 Å². The minimum absolute atomic E-state index is 0.188. The molecule has 2 rings (SSSR count). The average molecular weight is 280 g/mol. The molecule has 3 nitrogen and oxygen atoms in total. The zero-order valence-electron chi connectivity index (χ0n) is 12.1. The van der Waals surface area contributed by atoms with E-state index in [1.165, 1.54) is 16.2 Å². The molecular weight excluding hydrogens is 256 g/mol. The summed E-state index contributed by atoms with van der Waals surface area (Å²) in [6, 6.07) is 4.45. The Bertz CT molecular complexity index is 424. The summed E-state index contributed by atoms with van der Waals surface area (Å²) in [5.41, 5.74) is 0. The molecule has 1 aliphatic heterocycles. The third-order valence-electron chi connectivity index (χ3n) is 4.08. The van der Waals surface area contributed by atoms with E-state index in [0.717, 1.165) is 19.5 Å². The molecule has 0 aromatic carbocycles. The first-order valence-corrected chi connectivity index (χ1v) is 7.92. The Morgan fingerprint density at radius 1 is 1.58 bits per heavy atom. The molecule has 0 aliphatic carbocycles. The molecule has 106 valence electrons. The van der Waals surface area contributed by atoms with Gasteiger partial charge in [-0.3, -0.25) is 4.79 Å². The van der Waals surface area contributed by atoms with Crippen molar-refractivity contribution < 1.29 is 4.79 Å². The second-order valence-electron chi connectivity index (χ2n) is 5.53. The smallest absolute Gasteiger partial charge is 0.222 e. The van der Waals surface area contributed by atoms with Crippen LogP contribution in [0.15, 0.2) is 12.1 Å². The predicted molar refractivity (Wildman–Crippen MR) is 80.5 cm³/mol. The summed E-state index contributed by atoms with van der Waals surface area (Å²) in [7, 11) is 1.93. The Morgan fingerprint density at radius 2 is 2.37 bits per heavy atom.